The number of benzene rings is 2. The lowest BCUT2D eigenvalue weighted by molar-refractivity contribution is -0.154. The third kappa shape index (κ3) is 16.7. The van der Waals surface area contributed by atoms with Crippen molar-refractivity contribution in [1.29, 1.82) is 0 Å². The van der Waals surface area contributed by atoms with Crippen LogP contribution in [0.2, 0.25) is 0 Å². The molecule has 1 unspecified atom stereocenters. The van der Waals surface area contributed by atoms with Gasteiger partial charge in [-0.25, -0.2) is 4.79 Å². The minimum atomic E-state index is -0.572. The second kappa shape index (κ2) is 24.1. The van der Waals surface area contributed by atoms with Gasteiger partial charge in [-0.1, -0.05) is 61.4 Å². The first-order valence-electron chi connectivity index (χ1n) is 19.8. The van der Waals surface area contributed by atoms with Crippen molar-refractivity contribution in [3.8, 4) is 11.1 Å². The average Bonchev–Trinajstić information content (AvgIpc) is 3.46. The fraction of sp³-hybridized carbons (Fsp3) is 0.595. The molecular weight excluding hydrogens is 686 g/mol. The number of amides is 4. The second-order valence-corrected chi connectivity index (χ2v) is 14.9. The van der Waals surface area contributed by atoms with Crippen molar-refractivity contribution in [2.24, 2.45) is 0 Å². The van der Waals surface area contributed by atoms with Crippen molar-refractivity contribution < 1.29 is 33.4 Å². The molecule has 1 atom stereocenters. The summed E-state index contributed by atoms with van der Waals surface area (Å²) in [5.41, 5.74) is 4.28. The Morgan fingerprint density at radius 2 is 1.24 bits per heavy atom. The number of rotatable bonds is 25. The fourth-order valence-electron chi connectivity index (χ4n) is 6.51. The SMILES string of the molecule is CNC(=O)C(CCCCNCCCC(=O)OC(C)(C)C)NC(=O)CCCCCNC(=O)CCCCCNC(=O)OCC1c2ccccc2-c2ccccc21. The highest BCUT2D eigenvalue weighted by molar-refractivity contribution is 5.87. The van der Waals surface area contributed by atoms with Gasteiger partial charge in [0.05, 0.1) is 0 Å². The molecule has 3 rings (SSSR count). The Labute approximate surface area is 321 Å². The molecule has 5 N–H and O–H groups in total. The van der Waals surface area contributed by atoms with E-state index in [1.807, 2.05) is 45.0 Å². The molecule has 12 heteroatoms. The summed E-state index contributed by atoms with van der Waals surface area (Å²) in [6.07, 6.45) is 8.12. The quantitative estimate of drug-likeness (QED) is 0.0622. The van der Waals surface area contributed by atoms with Crippen LogP contribution < -0.4 is 26.6 Å². The molecule has 0 fully saturated rings. The minimum absolute atomic E-state index is 0.00153. The van der Waals surface area contributed by atoms with Crippen LogP contribution in [-0.4, -0.2) is 81.3 Å². The number of carbonyl (C=O) groups is 5. The number of unbranched alkanes of at least 4 members (excludes halogenated alkanes) is 5. The first-order chi connectivity index (χ1) is 26.0. The number of fused-ring (bicyclic) bond motifs is 3. The highest BCUT2D eigenvalue weighted by atomic mass is 16.6. The Morgan fingerprint density at radius 3 is 1.87 bits per heavy atom. The highest BCUT2D eigenvalue weighted by Gasteiger charge is 2.29. The van der Waals surface area contributed by atoms with Gasteiger partial charge < -0.3 is 36.1 Å². The van der Waals surface area contributed by atoms with Crippen molar-refractivity contribution >= 4 is 29.8 Å². The van der Waals surface area contributed by atoms with Crippen molar-refractivity contribution in [2.75, 3.05) is 39.8 Å². The molecule has 2 aromatic rings. The molecule has 1 aliphatic carbocycles. The van der Waals surface area contributed by atoms with Gasteiger partial charge in [0.2, 0.25) is 17.7 Å². The van der Waals surface area contributed by atoms with Gasteiger partial charge in [0.25, 0.3) is 0 Å². The molecule has 2 aromatic carbocycles. The molecule has 0 bridgehead atoms. The largest absolute Gasteiger partial charge is 0.460 e. The zero-order valence-electron chi connectivity index (χ0n) is 32.9. The van der Waals surface area contributed by atoms with Crippen LogP contribution in [0, 0.1) is 0 Å². The number of alkyl carbamates (subject to hydrolysis) is 1. The summed E-state index contributed by atoms with van der Waals surface area (Å²) in [6, 6.07) is 15.9. The normalized spacial score (nSPS) is 12.6. The Hall–Kier alpha value is -4.45. The topological polar surface area (TPSA) is 164 Å². The molecule has 54 heavy (non-hydrogen) atoms. The van der Waals surface area contributed by atoms with E-state index in [0.717, 1.165) is 51.5 Å². The lowest BCUT2D eigenvalue weighted by atomic mass is 9.98. The molecular formula is C42H63N5O7. The highest BCUT2D eigenvalue weighted by Crippen LogP contribution is 2.44. The summed E-state index contributed by atoms with van der Waals surface area (Å²) in [5, 5.41) is 14.6. The van der Waals surface area contributed by atoms with Gasteiger partial charge in [0.1, 0.15) is 18.2 Å². The molecule has 4 amide bonds. The van der Waals surface area contributed by atoms with Gasteiger partial charge in [0, 0.05) is 45.3 Å². The Bertz CT molecular complexity index is 1450. The first kappa shape index (κ1) is 44.0. The second-order valence-electron chi connectivity index (χ2n) is 14.9. The Morgan fingerprint density at radius 1 is 0.667 bits per heavy atom. The number of ether oxygens (including phenoxy) is 2. The van der Waals surface area contributed by atoms with E-state index < -0.39 is 17.7 Å². The van der Waals surface area contributed by atoms with E-state index in [1.54, 1.807) is 7.05 Å². The summed E-state index contributed by atoms with van der Waals surface area (Å²) in [7, 11) is 1.56. The molecule has 298 valence electrons. The predicted octanol–water partition coefficient (Wildman–Crippen LogP) is 5.87. The number of carbonyl (C=O) groups excluding carboxylic acids is 5. The molecule has 1 aliphatic rings. The van der Waals surface area contributed by atoms with Gasteiger partial charge in [-0.3, -0.25) is 19.2 Å². The van der Waals surface area contributed by atoms with Crippen LogP contribution in [0.5, 0.6) is 0 Å². The van der Waals surface area contributed by atoms with Crippen LogP contribution in [0.15, 0.2) is 48.5 Å². The summed E-state index contributed by atoms with van der Waals surface area (Å²) >= 11 is 0. The molecule has 0 aliphatic heterocycles. The minimum Gasteiger partial charge on any atom is -0.460 e. The molecule has 0 saturated carbocycles. The maximum absolute atomic E-state index is 12.5. The zero-order valence-corrected chi connectivity index (χ0v) is 32.9. The molecule has 0 heterocycles. The van der Waals surface area contributed by atoms with Gasteiger partial charge in [-0.05, 0) is 107 Å². The smallest absolute Gasteiger partial charge is 0.407 e. The fourth-order valence-corrected chi connectivity index (χ4v) is 6.51. The standard InChI is InChI=1S/C42H63N5O7/c1-42(2,3)54-39(50)25-17-27-44-26-16-13-22-36(40(51)43-4)47-38(49)24-8-6-14-28-45-37(48)23-7-5-15-29-46-41(52)53-30-35-33-20-11-9-18-31(33)32-19-10-12-21-34(32)35/h9-12,18-21,35-36,44H,5-8,13-17,22-30H2,1-4H3,(H,43,51)(H,45,48)(H,46,52)(H,47,49). The van der Waals surface area contributed by atoms with Crippen LogP contribution in [-0.2, 0) is 28.7 Å². The lowest BCUT2D eigenvalue weighted by Gasteiger charge is -2.19. The molecule has 0 aromatic heterocycles. The third-order valence-corrected chi connectivity index (χ3v) is 9.25. The molecule has 12 nitrogen and oxygen atoms in total. The van der Waals surface area contributed by atoms with E-state index in [1.165, 1.54) is 22.3 Å². The van der Waals surface area contributed by atoms with Crippen LogP contribution >= 0.6 is 0 Å². The van der Waals surface area contributed by atoms with E-state index in [0.29, 0.717) is 58.2 Å². The lowest BCUT2D eigenvalue weighted by Crippen LogP contribution is -2.45. The Balaban J connectivity index is 1.14. The van der Waals surface area contributed by atoms with E-state index >= 15 is 0 Å². The van der Waals surface area contributed by atoms with Crippen molar-refractivity contribution in [3.05, 3.63) is 59.7 Å². The maximum Gasteiger partial charge on any atom is 0.407 e. The third-order valence-electron chi connectivity index (χ3n) is 9.25. The number of hydrogen-bond donors (Lipinski definition) is 5. The zero-order chi connectivity index (χ0) is 39.2. The van der Waals surface area contributed by atoms with Crippen LogP contribution in [0.3, 0.4) is 0 Å². The number of nitrogens with one attached hydrogen (secondary N) is 5. The van der Waals surface area contributed by atoms with Gasteiger partial charge in [-0.15, -0.1) is 0 Å². The maximum atomic E-state index is 12.5. The van der Waals surface area contributed by atoms with Crippen molar-refractivity contribution in [3.63, 3.8) is 0 Å². The summed E-state index contributed by atoms with van der Waals surface area (Å²) in [5.74, 6) is -0.522. The number of hydrogen-bond acceptors (Lipinski definition) is 8. The van der Waals surface area contributed by atoms with Crippen molar-refractivity contribution in [2.45, 2.75) is 122 Å². The Kier molecular flexibility index (Phi) is 19.6. The summed E-state index contributed by atoms with van der Waals surface area (Å²) in [6.45, 7) is 8.38. The molecule has 0 radical (unpaired) electrons. The van der Waals surface area contributed by atoms with Crippen LogP contribution in [0.1, 0.15) is 121 Å². The monoisotopic (exact) mass is 749 g/mol. The van der Waals surface area contributed by atoms with Crippen molar-refractivity contribution in [1.82, 2.24) is 26.6 Å². The van der Waals surface area contributed by atoms with E-state index in [9.17, 15) is 24.0 Å². The van der Waals surface area contributed by atoms with Gasteiger partial charge in [0.15, 0.2) is 0 Å². The summed E-state index contributed by atoms with van der Waals surface area (Å²) in [4.78, 5) is 61.2. The van der Waals surface area contributed by atoms with E-state index in [2.05, 4.69) is 50.8 Å². The van der Waals surface area contributed by atoms with Crippen LogP contribution in [0.4, 0.5) is 4.79 Å². The van der Waals surface area contributed by atoms with Crippen LogP contribution in [0.25, 0.3) is 11.1 Å². The molecule has 0 saturated heterocycles. The average molecular weight is 750 g/mol. The number of esters is 1. The number of likely N-dealkylation sites (N-methyl/N-ethyl adjacent to an activating group) is 1. The first-order valence-corrected chi connectivity index (χ1v) is 19.8. The van der Waals surface area contributed by atoms with E-state index in [4.69, 9.17) is 9.47 Å². The van der Waals surface area contributed by atoms with Gasteiger partial charge in [-0.2, -0.15) is 0 Å². The summed E-state index contributed by atoms with van der Waals surface area (Å²) < 4.78 is 10.9. The van der Waals surface area contributed by atoms with Gasteiger partial charge >= 0.3 is 12.1 Å². The molecule has 0 spiro atoms. The van der Waals surface area contributed by atoms with E-state index in [-0.39, 0.29) is 36.2 Å². The predicted molar refractivity (Wildman–Crippen MR) is 211 cm³/mol.